The van der Waals surface area contributed by atoms with Crippen LogP contribution in [0, 0.1) is 0 Å². The van der Waals surface area contributed by atoms with Crippen LogP contribution in [-0.4, -0.2) is 34.2 Å². The summed E-state index contributed by atoms with van der Waals surface area (Å²) in [5, 5.41) is 8.78. The number of amides is 1. The van der Waals surface area contributed by atoms with Crippen molar-refractivity contribution < 1.29 is 9.90 Å². The van der Waals surface area contributed by atoms with E-state index in [1.807, 2.05) is 18.2 Å². The first kappa shape index (κ1) is 9.71. The second-order valence-electron chi connectivity index (χ2n) is 3.44. The Labute approximate surface area is 87.9 Å². The molecule has 2 heterocycles. The van der Waals surface area contributed by atoms with Crippen molar-refractivity contribution in [3.05, 3.63) is 36.2 Å². The molecule has 0 bridgehead atoms. The quantitative estimate of drug-likeness (QED) is 0.759. The van der Waals surface area contributed by atoms with Crippen LogP contribution in [0.25, 0.3) is 5.57 Å². The standard InChI is InChI=1S/C11H12N2O2/c14-11(15)13-7-3-10(4-8-13)9-1-5-12-6-2-9/h1-3,5-6H,4,7-8H2,(H,14,15). The van der Waals surface area contributed by atoms with Crippen molar-refractivity contribution >= 4 is 11.7 Å². The molecule has 0 saturated heterocycles. The van der Waals surface area contributed by atoms with Gasteiger partial charge in [0.05, 0.1) is 0 Å². The van der Waals surface area contributed by atoms with Crippen molar-refractivity contribution in [1.29, 1.82) is 0 Å². The molecule has 1 amide bonds. The lowest BCUT2D eigenvalue weighted by molar-refractivity contribution is 0.150. The summed E-state index contributed by atoms with van der Waals surface area (Å²) < 4.78 is 0. The Kier molecular flexibility index (Phi) is 2.67. The lowest BCUT2D eigenvalue weighted by atomic mass is 10.0. The molecule has 2 rings (SSSR count). The number of hydrogen-bond donors (Lipinski definition) is 1. The highest BCUT2D eigenvalue weighted by Crippen LogP contribution is 2.21. The van der Waals surface area contributed by atoms with Crippen LogP contribution in [0.5, 0.6) is 0 Å². The van der Waals surface area contributed by atoms with E-state index in [2.05, 4.69) is 4.98 Å². The largest absolute Gasteiger partial charge is 0.465 e. The van der Waals surface area contributed by atoms with Crippen LogP contribution < -0.4 is 0 Å². The van der Waals surface area contributed by atoms with E-state index in [1.54, 1.807) is 12.4 Å². The zero-order valence-corrected chi connectivity index (χ0v) is 8.26. The summed E-state index contributed by atoms with van der Waals surface area (Å²) in [6, 6.07) is 3.89. The predicted molar refractivity (Wildman–Crippen MR) is 56.4 cm³/mol. The van der Waals surface area contributed by atoms with Crippen molar-refractivity contribution in [2.75, 3.05) is 13.1 Å². The smallest absolute Gasteiger partial charge is 0.407 e. The average Bonchev–Trinajstić information content (AvgIpc) is 2.30. The molecular weight excluding hydrogens is 192 g/mol. The molecule has 0 unspecified atom stereocenters. The van der Waals surface area contributed by atoms with E-state index in [0.717, 1.165) is 12.0 Å². The van der Waals surface area contributed by atoms with Crippen LogP contribution in [0.1, 0.15) is 12.0 Å². The second-order valence-corrected chi connectivity index (χ2v) is 3.44. The molecule has 1 aliphatic rings. The van der Waals surface area contributed by atoms with Gasteiger partial charge in [0.2, 0.25) is 0 Å². The maximum absolute atomic E-state index is 10.7. The van der Waals surface area contributed by atoms with Gasteiger partial charge in [-0.15, -0.1) is 0 Å². The van der Waals surface area contributed by atoms with Crippen LogP contribution in [0.15, 0.2) is 30.6 Å². The highest BCUT2D eigenvalue weighted by Gasteiger charge is 2.16. The van der Waals surface area contributed by atoms with Crippen molar-refractivity contribution in [3.63, 3.8) is 0 Å². The molecule has 0 saturated carbocycles. The summed E-state index contributed by atoms with van der Waals surface area (Å²) in [6.07, 6.45) is 5.39. The molecule has 1 aliphatic heterocycles. The van der Waals surface area contributed by atoms with E-state index in [4.69, 9.17) is 5.11 Å². The van der Waals surface area contributed by atoms with E-state index in [1.165, 1.54) is 10.5 Å². The summed E-state index contributed by atoms with van der Waals surface area (Å²) in [6.45, 7) is 1.05. The maximum atomic E-state index is 10.7. The van der Waals surface area contributed by atoms with Crippen LogP contribution in [0.4, 0.5) is 4.79 Å². The summed E-state index contributed by atoms with van der Waals surface area (Å²) >= 11 is 0. The Balaban J connectivity index is 2.12. The molecule has 1 aromatic heterocycles. The molecule has 0 aromatic carbocycles. The van der Waals surface area contributed by atoms with Crippen LogP contribution in [0.3, 0.4) is 0 Å². The fraction of sp³-hybridized carbons (Fsp3) is 0.273. The molecule has 1 N–H and O–H groups in total. The lowest BCUT2D eigenvalue weighted by Crippen LogP contribution is -2.33. The van der Waals surface area contributed by atoms with Crippen molar-refractivity contribution in [1.82, 2.24) is 9.88 Å². The van der Waals surface area contributed by atoms with E-state index in [-0.39, 0.29) is 0 Å². The fourth-order valence-corrected chi connectivity index (χ4v) is 1.67. The van der Waals surface area contributed by atoms with Gasteiger partial charge < -0.3 is 10.0 Å². The molecule has 4 nitrogen and oxygen atoms in total. The molecule has 0 aliphatic carbocycles. The molecule has 0 spiro atoms. The zero-order valence-electron chi connectivity index (χ0n) is 8.26. The Morgan fingerprint density at radius 2 is 2.13 bits per heavy atom. The number of aromatic nitrogens is 1. The summed E-state index contributed by atoms with van der Waals surface area (Å²) in [7, 11) is 0. The maximum Gasteiger partial charge on any atom is 0.407 e. The van der Waals surface area contributed by atoms with E-state index < -0.39 is 6.09 Å². The summed E-state index contributed by atoms with van der Waals surface area (Å²) in [5.74, 6) is 0. The minimum atomic E-state index is -0.847. The number of carbonyl (C=O) groups is 1. The number of nitrogens with zero attached hydrogens (tertiary/aromatic N) is 2. The highest BCUT2D eigenvalue weighted by molar-refractivity contribution is 5.71. The molecule has 78 valence electrons. The van der Waals surface area contributed by atoms with Gasteiger partial charge >= 0.3 is 6.09 Å². The molecule has 15 heavy (non-hydrogen) atoms. The van der Waals surface area contributed by atoms with Gasteiger partial charge in [-0.05, 0) is 29.7 Å². The van der Waals surface area contributed by atoms with Crippen LogP contribution in [0.2, 0.25) is 0 Å². The van der Waals surface area contributed by atoms with Gasteiger partial charge in [0.25, 0.3) is 0 Å². The molecular formula is C11H12N2O2. The van der Waals surface area contributed by atoms with Gasteiger partial charge in [0.1, 0.15) is 0 Å². The van der Waals surface area contributed by atoms with Crippen molar-refractivity contribution in [2.24, 2.45) is 0 Å². The van der Waals surface area contributed by atoms with Crippen LogP contribution >= 0.6 is 0 Å². The topological polar surface area (TPSA) is 53.4 Å². The molecule has 1 aromatic rings. The summed E-state index contributed by atoms with van der Waals surface area (Å²) in [5.41, 5.74) is 2.34. The molecule has 0 atom stereocenters. The lowest BCUT2D eigenvalue weighted by Gasteiger charge is -2.23. The van der Waals surface area contributed by atoms with Crippen molar-refractivity contribution in [2.45, 2.75) is 6.42 Å². The highest BCUT2D eigenvalue weighted by atomic mass is 16.4. The van der Waals surface area contributed by atoms with E-state index in [9.17, 15) is 4.79 Å². The minimum Gasteiger partial charge on any atom is -0.465 e. The van der Waals surface area contributed by atoms with Gasteiger partial charge in [-0.1, -0.05) is 6.08 Å². The number of carboxylic acid groups (broad SMARTS) is 1. The molecule has 0 fully saturated rings. The Hall–Kier alpha value is -1.84. The van der Waals surface area contributed by atoms with Crippen molar-refractivity contribution in [3.8, 4) is 0 Å². The third kappa shape index (κ3) is 2.15. The molecule has 4 heteroatoms. The van der Waals surface area contributed by atoms with E-state index >= 15 is 0 Å². The SMILES string of the molecule is O=C(O)N1CC=C(c2ccncc2)CC1. The fourth-order valence-electron chi connectivity index (χ4n) is 1.67. The number of pyridine rings is 1. The minimum absolute atomic E-state index is 0.479. The van der Waals surface area contributed by atoms with Gasteiger partial charge in [0.15, 0.2) is 0 Å². The number of rotatable bonds is 1. The number of hydrogen-bond acceptors (Lipinski definition) is 2. The second kappa shape index (κ2) is 4.13. The van der Waals surface area contributed by atoms with Crippen LogP contribution in [-0.2, 0) is 0 Å². The zero-order chi connectivity index (χ0) is 10.7. The Bertz CT molecular complexity index is 387. The monoisotopic (exact) mass is 204 g/mol. The first-order valence-electron chi connectivity index (χ1n) is 4.84. The van der Waals surface area contributed by atoms with Gasteiger partial charge in [-0.2, -0.15) is 0 Å². The molecule has 0 radical (unpaired) electrons. The third-order valence-corrected chi connectivity index (χ3v) is 2.53. The average molecular weight is 204 g/mol. The first-order valence-corrected chi connectivity index (χ1v) is 4.84. The Morgan fingerprint density at radius 1 is 1.40 bits per heavy atom. The normalized spacial score (nSPS) is 16.0. The van der Waals surface area contributed by atoms with Gasteiger partial charge in [-0.3, -0.25) is 4.98 Å². The van der Waals surface area contributed by atoms with E-state index in [0.29, 0.717) is 13.1 Å². The van der Waals surface area contributed by atoms with Gasteiger partial charge in [-0.25, -0.2) is 4.79 Å². The van der Waals surface area contributed by atoms with Gasteiger partial charge in [0, 0.05) is 25.5 Å². The first-order chi connectivity index (χ1) is 7.27. The third-order valence-electron chi connectivity index (χ3n) is 2.53. The Morgan fingerprint density at radius 3 is 2.67 bits per heavy atom. The summed E-state index contributed by atoms with van der Waals surface area (Å²) in [4.78, 5) is 16.0. The predicted octanol–water partition coefficient (Wildman–Crippen LogP) is 1.85.